The van der Waals surface area contributed by atoms with Crippen LogP contribution in [0.15, 0.2) is 29.1 Å². The molecule has 0 unspecified atom stereocenters. The van der Waals surface area contributed by atoms with E-state index in [4.69, 9.17) is 5.73 Å². The maximum atomic E-state index is 12.8. The zero-order valence-corrected chi connectivity index (χ0v) is 9.82. The van der Waals surface area contributed by atoms with E-state index in [2.05, 4.69) is 5.10 Å². The van der Waals surface area contributed by atoms with Crippen molar-refractivity contribution in [1.82, 2.24) is 9.78 Å². The van der Waals surface area contributed by atoms with E-state index < -0.39 is 0 Å². The van der Waals surface area contributed by atoms with Crippen molar-refractivity contribution < 1.29 is 4.39 Å². The van der Waals surface area contributed by atoms with Crippen LogP contribution in [0.2, 0.25) is 0 Å². The molecule has 4 nitrogen and oxygen atoms in total. The molecule has 0 bridgehead atoms. The highest BCUT2D eigenvalue weighted by Crippen LogP contribution is 2.40. The molecule has 1 aliphatic carbocycles. The maximum absolute atomic E-state index is 12.8. The third-order valence-corrected chi connectivity index (χ3v) is 3.26. The van der Waals surface area contributed by atoms with E-state index in [1.165, 1.54) is 16.8 Å². The number of aromatic nitrogens is 2. The summed E-state index contributed by atoms with van der Waals surface area (Å²) >= 11 is 0. The lowest BCUT2D eigenvalue weighted by atomic mass is 10.2. The molecule has 0 radical (unpaired) electrons. The first kappa shape index (κ1) is 11.1. The molecule has 5 heteroatoms. The number of benzene rings is 1. The lowest BCUT2D eigenvalue weighted by Crippen LogP contribution is -2.19. The van der Waals surface area contributed by atoms with E-state index in [9.17, 15) is 9.18 Å². The van der Waals surface area contributed by atoms with E-state index in [1.807, 2.05) is 0 Å². The van der Waals surface area contributed by atoms with Crippen molar-refractivity contribution in [2.24, 2.45) is 0 Å². The highest BCUT2D eigenvalue weighted by molar-refractivity contribution is 5.44. The van der Waals surface area contributed by atoms with Gasteiger partial charge in [0.25, 0.3) is 5.56 Å². The minimum atomic E-state index is -0.282. The van der Waals surface area contributed by atoms with Gasteiger partial charge in [-0.3, -0.25) is 9.89 Å². The van der Waals surface area contributed by atoms with Crippen LogP contribution in [0.5, 0.6) is 0 Å². The molecule has 3 rings (SSSR count). The highest BCUT2D eigenvalue weighted by atomic mass is 19.1. The van der Waals surface area contributed by atoms with Crippen molar-refractivity contribution in [1.29, 1.82) is 0 Å². The van der Waals surface area contributed by atoms with Crippen LogP contribution >= 0.6 is 0 Å². The van der Waals surface area contributed by atoms with Crippen LogP contribution in [-0.2, 0) is 6.54 Å². The number of nitrogens with zero attached hydrogens (tertiary/aromatic N) is 1. The summed E-state index contributed by atoms with van der Waals surface area (Å²) in [4.78, 5) is 11.9. The second-order valence-corrected chi connectivity index (χ2v) is 4.73. The predicted molar refractivity (Wildman–Crippen MR) is 66.9 cm³/mol. The molecule has 18 heavy (non-hydrogen) atoms. The van der Waals surface area contributed by atoms with E-state index in [-0.39, 0.29) is 11.4 Å². The molecular formula is C13H14FN3O. The van der Waals surface area contributed by atoms with Crippen molar-refractivity contribution in [3.8, 4) is 0 Å². The number of anilines is 1. The quantitative estimate of drug-likeness (QED) is 0.869. The summed E-state index contributed by atoms with van der Waals surface area (Å²) in [5, 5.41) is 3.06. The minimum absolute atomic E-state index is 0.193. The Morgan fingerprint density at radius 3 is 2.61 bits per heavy atom. The first-order valence-electron chi connectivity index (χ1n) is 5.98. The summed E-state index contributed by atoms with van der Waals surface area (Å²) in [6.07, 6.45) is 2.17. The molecule has 0 amide bonds. The number of hydrogen-bond donors (Lipinski definition) is 2. The molecule has 1 aromatic carbocycles. The Labute approximate surface area is 103 Å². The number of hydrogen-bond acceptors (Lipinski definition) is 2. The standard InChI is InChI=1S/C13H14FN3O/c14-10-5-1-8(2-6-10)7-17-13(18)11(15)12(16-17)9-3-4-9/h1-2,5-6,9,16H,3-4,7,15H2. The maximum Gasteiger partial charge on any atom is 0.290 e. The molecule has 3 N–H and O–H groups in total. The first-order chi connectivity index (χ1) is 8.65. The van der Waals surface area contributed by atoms with Gasteiger partial charge >= 0.3 is 0 Å². The monoisotopic (exact) mass is 247 g/mol. The molecule has 1 aliphatic rings. The fourth-order valence-electron chi connectivity index (χ4n) is 2.08. The van der Waals surface area contributed by atoms with Gasteiger partial charge in [0.2, 0.25) is 0 Å². The van der Waals surface area contributed by atoms with Gasteiger partial charge < -0.3 is 5.73 Å². The molecule has 0 aliphatic heterocycles. The number of halogens is 1. The third kappa shape index (κ3) is 1.92. The molecule has 0 saturated heterocycles. The molecule has 0 spiro atoms. The molecular weight excluding hydrogens is 233 g/mol. The molecule has 1 saturated carbocycles. The van der Waals surface area contributed by atoms with Gasteiger partial charge in [0, 0.05) is 5.92 Å². The van der Waals surface area contributed by atoms with Crippen LogP contribution in [0.25, 0.3) is 0 Å². The average Bonchev–Trinajstić information content (AvgIpc) is 3.15. The van der Waals surface area contributed by atoms with Gasteiger partial charge in [-0.05, 0) is 30.5 Å². The molecule has 1 heterocycles. The Morgan fingerprint density at radius 2 is 2.00 bits per heavy atom. The third-order valence-electron chi connectivity index (χ3n) is 3.26. The van der Waals surface area contributed by atoms with Crippen LogP contribution in [0.1, 0.15) is 30.0 Å². The van der Waals surface area contributed by atoms with E-state index in [0.29, 0.717) is 18.2 Å². The van der Waals surface area contributed by atoms with Crippen molar-refractivity contribution >= 4 is 5.69 Å². The number of nitrogens with two attached hydrogens (primary N) is 1. The number of rotatable bonds is 3. The SMILES string of the molecule is Nc1c(C2CC2)[nH]n(Cc2ccc(F)cc2)c1=O. The second kappa shape index (κ2) is 4.01. The Balaban J connectivity index is 1.90. The molecule has 0 atom stereocenters. The summed E-state index contributed by atoms with van der Waals surface area (Å²) in [6.45, 7) is 0.385. The largest absolute Gasteiger partial charge is 0.393 e. The van der Waals surface area contributed by atoms with Crippen molar-refractivity contribution in [3.63, 3.8) is 0 Å². The summed E-state index contributed by atoms with van der Waals surface area (Å²) in [6, 6.07) is 6.09. The minimum Gasteiger partial charge on any atom is -0.393 e. The van der Waals surface area contributed by atoms with Gasteiger partial charge in [-0.15, -0.1) is 0 Å². The van der Waals surface area contributed by atoms with E-state index >= 15 is 0 Å². The Kier molecular flexibility index (Phi) is 2.47. The second-order valence-electron chi connectivity index (χ2n) is 4.73. The number of nitrogen functional groups attached to an aromatic ring is 1. The normalized spacial score (nSPS) is 14.9. The van der Waals surface area contributed by atoms with Crippen molar-refractivity contribution in [2.45, 2.75) is 25.3 Å². The average molecular weight is 247 g/mol. The highest BCUT2D eigenvalue weighted by Gasteiger charge is 2.29. The molecule has 1 fully saturated rings. The summed E-state index contributed by atoms with van der Waals surface area (Å²) < 4.78 is 14.3. The zero-order chi connectivity index (χ0) is 12.7. The Bertz CT molecular complexity index is 623. The molecule has 1 aromatic heterocycles. The fourth-order valence-corrected chi connectivity index (χ4v) is 2.08. The lowest BCUT2D eigenvalue weighted by molar-refractivity contribution is 0.621. The van der Waals surface area contributed by atoms with Gasteiger partial charge in [0.15, 0.2) is 0 Å². The van der Waals surface area contributed by atoms with Crippen LogP contribution in [0.4, 0.5) is 10.1 Å². The summed E-state index contributed by atoms with van der Waals surface area (Å²) in [5.74, 6) is 0.128. The van der Waals surface area contributed by atoms with Crippen molar-refractivity contribution in [2.75, 3.05) is 5.73 Å². The summed E-state index contributed by atoms with van der Waals surface area (Å²) in [5.41, 5.74) is 7.64. The van der Waals surface area contributed by atoms with Crippen LogP contribution < -0.4 is 11.3 Å². The van der Waals surface area contributed by atoms with Crippen LogP contribution in [-0.4, -0.2) is 9.78 Å². The van der Waals surface area contributed by atoms with Gasteiger partial charge in [-0.2, -0.15) is 0 Å². The molecule has 2 aromatic rings. The van der Waals surface area contributed by atoms with Gasteiger partial charge in [0.1, 0.15) is 11.5 Å². The lowest BCUT2D eigenvalue weighted by Gasteiger charge is -2.02. The molecule has 94 valence electrons. The topological polar surface area (TPSA) is 63.8 Å². The van der Waals surface area contributed by atoms with E-state index in [0.717, 1.165) is 24.1 Å². The van der Waals surface area contributed by atoms with Crippen molar-refractivity contribution in [3.05, 3.63) is 51.7 Å². The van der Waals surface area contributed by atoms with Gasteiger partial charge in [0.05, 0.1) is 12.2 Å². The summed E-state index contributed by atoms with van der Waals surface area (Å²) in [7, 11) is 0. The first-order valence-corrected chi connectivity index (χ1v) is 5.98. The van der Waals surface area contributed by atoms with Gasteiger partial charge in [-0.25, -0.2) is 9.07 Å². The Hall–Kier alpha value is -2.04. The van der Waals surface area contributed by atoms with E-state index in [1.54, 1.807) is 12.1 Å². The van der Waals surface area contributed by atoms with Gasteiger partial charge in [-0.1, -0.05) is 12.1 Å². The number of nitrogens with one attached hydrogen (secondary N) is 1. The van der Waals surface area contributed by atoms with Crippen LogP contribution in [0, 0.1) is 5.82 Å². The zero-order valence-electron chi connectivity index (χ0n) is 9.82. The fraction of sp³-hybridized carbons (Fsp3) is 0.308. The van der Waals surface area contributed by atoms with Crippen LogP contribution in [0.3, 0.4) is 0 Å². The predicted octanol–water partition coefficient (Wildman–Crippen LogP) is 1.82. The number of H-pyrrole nitrogens is 1. The smallest absolute Gasteiger partial charge is 0.290 e. The number of aromatic amines is 1. The Morgan fingerprint density at radius 1 is 1.33 bits per heavy atom.